The first-order chi connectivity index (χ1) is 18.4. The van der Waals surface area contributed by atoms with Crippen LogP contribution < -0.4 is 14.8 Å². The van der Waals surface area contributed by atoms with Crippen molar-refractivity contribution in [3.05, 3.63) is 77.8 Å². The lowest BCUT2D eigenvalue weighted by Gasteiger charge is -2.25. The van der Waals surface area contributed by atoms with Gasteiger partial charge in [0.1, 0.15) is 42.5 Å². The zero-order valence-corrected chi connectivity index (χ0v) is 22.5. The number of rotatable bonds is 11. The highest BCUT2D eigenvalue weighted by atomic mass is 35.5. The molecule has 0 fully saturated rings. The van der Waals surface area contributed by atoms with Gasteiger partial charge in [-0.15, -0.1) is 0 Å². The van der Waals surface area contributed by atoms with E-state index < -0.39 is 6.10 Å². The second-order valence-corrected chi connectivity index (χ2v) is 9.18. The molecule has 0 aliphatic heterocycles. The highest BCUT2D eigenvalue weighted by Crippen LogP contribution is 2.34. The van der Waals surface area contributed by atoms with Crippen molar-refractivity contribution in [2.75, 3.05) is 26.0 Å². The molecule has 2 heterocycles. The van der Waals surface area contributed by atoms with Crippen LogP contribution in [0.2, 0.25) is 5.02 Å². The summed E-state index contributed by atoms with van der Waals surface area (Å²) in [5.74, 6) is 1.60. The van der Waals surface area contributed by atoms with Crippen molar-refractivity contribution in [2.45, 2.75) is 32.7 Å². The Morgan fingerprint density at radius 3 is 2.63 bits per heavy atom. The van der Waals surface area contributed by atoms with E-state index in [2.05, 4.69) is 20.3 Å². The second-order valence-electron chi connectivity index (χ2n) is 8.78. The third-order valence-corrected chi connectivity index (χ3v) is 6.15. The minimum atomic E-state index is -0.521. The van der Waals surface area contributed by atoms with Gasteiger partial charge in [0, 0.05) is 26.0 Å². The van der Waals surface area contributed by atoms with Crippen LogP contribution >= 0.6 is 11.6 Å². The Bertz CT molecular complexity index is 1380. The summed E-state index contributed by atoms with van der Waals surface area (Å²) in [6.45, 7) is 4.32. The summed E-state index contributed by atoms with van der Waals surface area (Å²) < 4.78 is 17.2. The first-order valence-corrected chi connectivity index (χ1v) is 12.5. The molecule has 0 bridgehead atoms. The minimum Gasteiger partial charge on any atom is -0.488 e. The maximum absolute atomic E-state index is 12.4. The van der Waals surface area contributed by atoms with Crippen molar-refractivity contribution in [3.8, 4) is 11.5 Å². The molecule has 10 heteroatoms. The van der Waals surface area contributed by atoms with Gasteiger partial charge in [-0.05, 0) is 56.3 Å². The van der Waals surface area contributed by atoms with Crippen molar-refractivity contribution >= 4 is 39.9 Å². The van der Waals surface area contributed by atoms with Crippen LogP contribution in [0, 0.1) is 0 Å². The Morgan fingerprint density at radius 1 is 1.05 bits per heavy atom. The predicted molar refractivity (Wildman–Crippen MR) is 147 cm³/mol. The smallest absolute Gasteiger partial charge is 0.251 e. The van der Waals surface area contributed by atoms with Gasteiger partial charge in [-0.3, -0.25) is 9.78 Å². The number of carbonyl (C=O) groups excluding carboxylic acids is 1. The van der Waals surface area contributed by atoms with Crippen LogP contribution in [-0.4, -0.2) is 58.7 Å². The fourth-order valence-electron chi connectivity index (χ4n) is 3.88. The van der Waals surface area contributed by atoms with Gasteiger partial charge in [0.05, 0.1) is 28.2 Å². The van der Waals surface area contributed by atoms with Crippen molar-refractivity contribution in [1.29, 1.82) is 0 Å². The van der Waals surface area contributed by atoms with Crippen molar-refractivity contribution in [1.82, 2.24) is 19.9 Å². The van der Waals surface area contributed by atoms with Gasteiger partial charge < -0.3 is 24.4 Å². The summed E-state index contributed by atoms with van der Waals surface area (Å²) >= 11 is 6.50. The van der Waals surface area contributed by atoms with Gasteiger partial charge in [-0.25, -0.2) is 9.97 Å². The molecule has 0 aliphatic rings. The average Bonchev–Trinajstić information content (AvgIpc) is 2.92. The molecule has 2 aromatic heterocycles. The van der Waals surface area contributed by atoms with E-state index in [1.54, 1.807) is 37.2 Å². The number of ether oxygens (including phenoxy) is 3. The van der Waals surface area contributed by atoms with Crippen LogP contribution in [0.25, 0.3) is 10.9 Å². The van der Waals surface area contributed by atoms with Gasteiger partial charge in [0.25, 0.3) is 5.91 Å². The molecule has 2 atom stereocenters. The fourth-order valence-corrected chi connectivity index (χ4v) is 4.11. The summed E-state index contributed by atoms with van der Waals surface area (Å²) in [4.78, 5) is 27.1. The molecule has 0 saturated heterocycles. The largest absolute Gasteiger partial charge is 0.488 e. The molecular formula is C28H30ClN5O4. The zero-order valence-electron chi connectivity index (χ0n) is 21.7. The lowest BCUT2D eigenvalue weighted by molar-refractivity contribution is -0.140. The molecular weight excluding hydrogens is 506 g/mol. The number of aromatic nitrogens is 3. The Labute approximate surface area is 226 Å². The maximum atomic E-state index is 12.4. The van der Waals surface area contributed by atoms with Crippen LogP contribution in [0.1, 0.15) is 19.5 Å². The molecule has 2 aromatic carbocycles. The van der Waals surface area contributed by atoms with Crippen LogP contribution in [0.4, 0.5) is 11.5 Å². The monoisotopic (exact) mass is 535 g/mol. The summed E-state index contributed by atoms with van der Waals surface area (Å²) in [7, 11) is 3.24. The number of hydrogen-bond acceptors (Lipinski definition) is 8. The topological polar surface area (TPSA) is 98.7 Å². The van der Waals surface area contributed by atoms with E-state index in [1.807, 2.05) is 49.4 Å². The summed E-state index contributed by atoms with van der Waals surface area (Å²) in [5, 5.41) is 4.49. The number of nitrogens with zero attached hydrogens (tertiary/aromatic N) is 4. The number of pyridine rings is 1. The van der Waals surface area contributed by atoms with Crippen molar-refractivity contribution in [2.24, 2.45) is 0 Å². The highest BCUT2D eigenvalue weighted by molar-refractivity contribution is 6.32. The van der Waals surface area contributed by atoms with E-state index in [4.69, 9.17) is 25.8 Å². The van der Waals surface area contributed by atoms with E-state index in [0.29, 0.717) is 46.4 Å². The third-order valence-electron chi connectivity index (χ3n) is 5.86. The van der Waals surface area contributed by atoms with E-state index in [9.17, 15) is 4.79 Å². The fraction of sp³-hybridized carbons (Fsp3) is 0.286. The summed E-state index contributed by atoms with van der Waals surface area (Å²) in [6, 6.07) is 16.7. The average molecular weight is 536 g/mol. The third kappa shape index (κ3) is 6.67. The number of amides is 1. The van der Waals surface area contributed by atoms with Gasteiger partial charge in [0.15, 0.2) is 0 Å². The molecule has 1 amide bonds. The number of carbonyl (C=O) groups is 1. The Kier molecular flexibility index (Phi) is 8.93. The van der Waals surface area contributed by atoms with Crippen LogP contribution in [0.3, 0.4) is 0 Å². The molecule has 4 rings (SSSR count). The van der Waals surface area contributed by atoms with E-state index in [1.165, 1.54) is 13.4 Å². The quantitative estimate of drug-likeness (QED) is 0.277. The minimum absolute atomic E-state index is 0.115. The zero-order chi connectivity index (χ0) is 27.1. The van der Waals surface area contributed by atoms with Crippen molar-refractivity contribution in [3.63, 3.8) is 0 Å². The van der Waals surface area contributed by atoms with E-state index in [-0.39, 0.29) is 12.0 Å². The maximum Gasteiger partial charge on any atom is 0.251 e. The van der Waals surface area contributed by atoms with Gasteiger partial charge in [-0.1, -0.05) is 23.7 Å². The van der Waals surface area contributed by atoms with E-state index >= 15 is 0 Å². The number of anilines is 2. The molecule has 1 N–H and O–H groups in total. The molecule has 4 aromatic rings. The van der Waals surface area contributed by atoms with Gasteiger partial charge >= 0.3 is 0 Å². The Hall–Kier alpha value is -3.95. The van der Waals surface area contributed by atoms with Crippen LogP contribution in [-0.2, 0) is 16.1 Å². The Morgan fingerprint density at radius 2 is 1.89 bits per heavy atom. The molecule has 0 aliphatic carbocycles. The lowest BCUT2D eigenvalue weighted by atomic mass is 10.2. The summed E-state index contributed by atoms with van der Waals surface area (Å²) in [6.07, 6.45) is 2.39. The molecule has 0 unspecified atom stereocenters. The second kappa shape index (κ2) is 12.5. The lowest BCUT2D eigenvalue weighted by Crippen LogP contribution is -2.40. The molecule has 198 valence electrons. The Balaban J connectivity index is 1.50. The molecule has 9 nitrogen and oxygen atoms in total. The highest BCUT2D eigenvalue weighted by Gasteiger charge is 2.20. The number of methoxy groups -OCH3 is 1. The molecule has 0 radical (unpaired) electrons. The normalized spacial score (nSPS) is 12.6. The number of likely N-dealkylation sites (N-methyl/N-ethyl adjacent to an activating group) is 1. The number of hydrogen-bond donors (Lipinski definition) is 1. The van der Waals surface area contributed by atoms with Crippen LogP contribution in [0.15, 0.2) is 67.1 Å². The first kappa shape index (κ1) is 27.1. The summed E-state index contributed by atoms with van der Waals surface area (Å²) in [5.41, 5.74) is 2.25. The SMILES string of the molecule is CO[C@H](C)C(=O)N(C)C[C@@H](C)Oc1cccc2ncnc(Nc3ccc(OCc4ccccn4)c(Cl)c3)c12. The number of halogens is 1. The van der Waals surface area contributed by atoms with Crippen LogP contribution in [0.5, 0.6) is 11.5 Å². The van der Waals surface area contributed by atoms with Gasteiger partial charge in [0.2, 0.25) is 0 Å². The number of fused-ring (bicyclic) bond motifs is 1. The van der Waals surface area contributed by atoms with Gasteiger partial charge in [-0.2, -0.15) is 0 Å². The van der Waals surface area contributed by atoms with Crippen molar-refractivity contribution < 1.29 is 19.0 Å². The van der Waals surface area contributed by atoms with E-state index in [0.717, 1.165) is 11.4 Å². The molecule has 0 spiro atoms. The standard InChI is InChI=1S/C28H30ClN5O4/c1-18(15-34(3)28(35)19(2)36-4)38-25-10-7-9-23-26(25)27(32-17-31-23)33-20-11-12-24(22(29)14-20)37-16-21-8-5-6-13-30-21/h5-14,17-19H,15-16H2,1-4H3,(H,31,32,33)/t18-,19-/m1/s1. The molecule has 0 saturated carbocycles. The number of nitrogens with one attached hydrogen (secondary N) is 1. The molecule has 38 heavy (non-hydrogen) atoms. The number of benzene rings is 2. The first-order valence-electron chi connectivity index (χ1n) is 12.1. The predicted octanol–water partition coefficient (Wildman–Crippen LogP) is 5.26.